The highest BCUT2D eigenvalue weighted by atomic mass is 32.1. The van der Waals surface area contributed by atoms with Gasteiger partial charge >= 0.3 is 6.18 Å². The molecule has 3 aromatic rings. The maximum absolute atomic E-state index is 13.2. The summed E-state index contributed by atoms with van der Waals surface area (Å²) in [5, 5.41) is 6.13. The molecular formula is C20H17F3N4O2S. The molecule has 0 unspecified atom stereocenters. The first-order valence-corrected chi connectivity index (χ1v) is 10.3. The second-order valence-electron chi connectivity index (χ2n) is 7.66. The number of aromatic nitrogens is 3. The molecule has 6 nitrogen and oxygen atoms in total. The number of hydrogen-bond donors (Lipinski definition) is 0. The van der Waals surface area contributed by atoms with Crippen LogP contribution in [0.1, 0.15) is 22.6 Å². The molecule has 30 heavy (non-hydrogen) atoms. The third-order valence-corrected chi connectivity index (χ3v) is 6.35. The highest BCUT2D eigenvalue weighted by Crippen LogP contribution is 2.39. The Morgan fingerprint density at radius 3 is 2.70 bits per heavy atom. The van der Waals surface area contributed by atoms with Crippen molar-refractivity contribution in [3.63, 3.8) is 0 Å². The van der Waals surface area contributed by atoms with Gasteiger partial charge in [0.2, 0.25) is 5.82 Å². The van der Waals surface area contributed by atoms with Crippen molar-refractivity contribution in [1.82, 2.24) is 19.7 Å². The molecule has 1 amide bonds. The first kappa shape index (κ1) is 19.3. The van der Waals surface area contributed by atoms with E-state index in [0.29, 0.717) is 37.0 Å². The van der Waals surface area contributed by atoms with Crippen LogP contribution >= 0.6 is 11.3 Å². The first-order chi connectivity index (χ1) is 14.3. The Labute approximate surface area is 173 Å². The van der Waals surface area contributed by atoms with Crippen LogP contribution in [0.15, 0.2) is 41.8 Å². The van der Waals surface area contributed by atoms with E-state index >= 15 is 0 Å². The van der Waals surface area contributed by atoms with Gasteiger partial charge in [-0.1, -0.05) is 12.1 Å². The summed E-state index contributed by atoms with van der Waals surface area (Å²) in [5.74, 6) is -0.00672. The number of carbonyl (C=O) groups excluding carboxylic acids is 1. The van der Waals surface area contributed by atoms with Crippen LogP contribution in [0.25, 0.3) is 16.4 Å². The van der Waals surface area contributed by atoms with Gasteiger partial charge in [0.05, 0.1) is 22.7 Å². The molecule has 1 aromatic carbocycles. The van der Waals surface area contributed by atoms with E-state index in [4.69, 9.17) is 4.74 Å². The highest BCUT2D eigenvalue weighted by molar-refractivity contribution is 7.13. The second-order valence-corrected chi connectivity index (χ2v) is 8.61. The fourth-order valence-corrected chi connectivity index (χ4v) is 4.61. The Hall–Kier alpha value is -2.72. The lowest BCUT2D eigenvalue weighted by molar-refractivity contribution is -0.137. The molecule has 4 heterocycles. The Morgan fingerprint density at radius 1 is 1.20 bits per heavy atom. The van der Waals surface area contributed by atoms with E-state index in [2.05, 4.69) is 10.1 Å². The number of alkyl halides is 3. The summed E-state index contributed by atoms with van der Waals surface area (Å²) in [7, 11) is 0. The monoisotopic (exact) mass is 434 g/mol. The molecule has 2 aliphatic heterocycles. The van der Waals surface area contributed by atoms with Crippen molar-refractivity contribution in [2.75, 3.05) is 26.3 Å². The van der Waals surface area contributed by atoms with Crippen molar-refractivity contribution in [2.45, 2.75) is 12.6 Å². The molecule has 2 saturated heterocycles. The SMILES string of the molecule is O=C(c1nc(-c2cccs2)n(-c2cccc(C(F)(F)F)c2)n1)N1CC2(CCOC2)C1. The Morgan fingerprint density at radius 2 is 2.03 bits per heavy atom. The molecule has 2 aliphatic rings. The van der Waals surface area contributed by atoms with Crippen molar-refractivity contribution < 1.29 is 22.7 Å². The van der Waals surface area contributed by atoms with Crippen molar-refractivity contribution in [1.29, 1.82) is 0 Å². The van der Waals surface area contributed by atoms with Crippen molar-refractivity contribution in [2.24, 2.45) is 5.41 Å². The molecule has 0 saturated carbocycles. The van der Waals surface area contributed by atoms with Gasteiger partial charge in [0.15, 0.2) is 5.82 Å². The lowest BCUT2D eigenvalue weighted by atomic mass is 9.79. The Balaban J connectivity index is 1.50. The second kappa shape index (κ2) is 6.92. The summed E-state index contributed by atoms with van der Waals surface area (Å²) in [6.07, 6.45) is -3.56. The van der Waals surface area contributed by atoms with E-state index < -0.39 is 11.7 Å². The number of benzene rings is 1. The predicted molar refractivity (Wildman–Crippen MR) is 103 cm³/mol. The lowest BCUT2D eigenvalue weighted by Gasteiger charge is -2.46. The summed E-state index contributed by atoms with van der Waals surface area (Å²) in [5.41, 5.74) is -0.564. The smallest absolute Gasteiger partial charge is 0.381 e. The summed E-state index contributed by atoms with van der Waals surface area (Å²) >= 11 is 1.38. The number of halogens is 3. The first-order valence-electron chi connectivity index (χ1n) is 9.40. The molecule has 0 atom stereocenters. The molecule has 1 spiro atoms. The number of nitrogens with zero attached hydrogens (tertiary/aromatic N) is 4. The van der Waals surface area contributed by atoms with E-state index in [0.717, 1.165) is 18.6 Å². The van der Waals surface area contributed by atoms with Crippen LogP contribution in [0.2, 0.25) is 0 Å². The zero-order valence-electron chi connectivity index (χ0n) is 15.7. The number of amides is 1. The number of ether oxygens (including phenoxy) is 1. The van der Waals surface area contributed by atoms with Crippen LogP contribution in [0, 0.1) is 5.41 Å². The standard InChI is InChI=1S/C20H17F3N4O2S/c21-20(22,23)13-3-1-4-14(9-13)27-17(15-5-2-8-30-15)24-16(25-27)18(28)26-10-19(11-26)6-7-29-12-19/h1-5,8-9H,6-7,10-12H2. The van der Waals surface area contributed by atoms with Gasteiger partial charge in [-0.3, -0.25) is 4.79 Å². The summed E-state index contributed by atoms with van der Waals surface area (Å²) in [6, 6.07) is 8.45. The van der Waals surface area contributed by atoms with E-state index in [1.54, 1.807) is 11.0 Å². The molecule has 0 radical (unpaired) electrons. The number of rotatable bonds is 3. The van der Waals surface area contributed by atoms with Gasteiger partial charge in [0.25, 0.3) is 5.91 Å². The number of hydrogen-bond acceptors (Lipinski definition) is 5. The Bertz CT molecular complexity index is 1080. The van der Waals surface area contributed by atoms with Crippen LogP contribution in [0.5, 0.6) is 0 Å². The molecule has 0 bridgehead atoms. The van der Waals surface area contributed by atoms with E-state index in [1.165, 1.54) is 28.2 Å². The molecule has 0 N–H and O–H groups in total. The predicted octanol–water partition coefficient (Wildman–Crippen LogP) is 3.88. The van der Waals surface area contributed by atoms with Crippen LogP contribution < -0.4 is 0 Å². The van der Waals surface area contributed by atoms with Gasteiger partial charge in [0, 0.05) is 25.1 Å². The van der Waals surface area contributed by atoms with Crippen LogP contribution in [-0.2, 0) is 10.9 Å². The summed E-state index contributed by atoms with van der Waals surface area (Å²) < 4.78 is 46.3. The third-order valence-electron chi connectivity index (χ3n) is 5.48. The van der Waals surface area contributed by atoms with Gasteiger partial charge in [-0.15, -0.1) is 16.4 Å². The molecule has 5 rings (SSSR count). The fraction of sp³-hybridized carbons (Fsp3) is 0.350. The van der Waals surface area contributed by atoms with Gasteiger partial charge < -0.3 is 9.64 Å². The third kappa shape index (κ3) is 3.29. The average molecular weight is 434 g/mol. The van der Waals surface area contributed by atoms with Crippen molar-refractivity contribution in [3.8, 4) is 16.4 Å². The Kier molecular flexibility index (Phi) is 4.44. The summed E-state index contributed by atoms with van der Waals surface area (Å²) in [4.78, 5) is 19.7. The van der Waals surface area contributed by atoms with Gasteiger partial charge in [-0.05, 0) is 36.1 Å². The van der Waals surface area contributed by atoms with E-state index in [1.807, 2.05) is 11.4 Å². The largest absolute Gasteiger partial charge is 0.416 e. The minimum absolute atomic E-state index is 0.0235. The minimum atomic E-state index is -4.48. The zero-order chi connectivity index (χ0) is 20.9. The van der Waals surface area contributed by atoms with Gasteiger partial charge in [0.1, 0.15) is 0 Å². The molecule has 10 heteroatoms. The van der Waals surface area contributed by atoms with Gasteiger partial charge in [-0.25, -0.2) is 9.67 Å². The van der Waals surface area contributed by atoms with Crippen LogP contribution in [0.4, 0.5) is 13.2 Å². The van der Waals surface area contributed by atoms with E-state index in [-0.39, 0.29) is 22.8 Å². The van der Waals surface area contributed by atoms with Crippen molar-refractivity contribution in [3.05, 3.63) is 53.2 Å². The van der Waals surface area contributed by atoms with Crippen molar-refractivity contribution >= 4 is 17.2 Å². The minimum Gasteiger partial charge on any atom is -0.381 e. The molecule has 0 aliphatic carbocycles. The average Bonchev–Trinajstić information content (AvgIpc) is 3.45. The topological polar surface area (TPSA) is 60.2 Å². The number of carbonyl (C=O) groups is 1. The molecular weight excluding hydrogens is 417 g/mol. The normalized spacial score (nSPS) is 18.0. The lowest BCUT2D eigenvalue weighted by Crippen LogP contribution is -2.59. The molecule has 2 aromatic heterocycles. The maximum Gasteiger partial charge on any atom is 0.416 e. The maximum atomic E-state index is 13.2. The number of thiophene rings is 1. The van der Waals surface area contributed by atoms with Gasteiger partial charge in [-0.2, -0.15) is 13.2 Å². The quantitative estimate of drug-likeness (QED) is 0.628. The number of likely N-dealkylation sites (tertiary alicyclic amines) is 1. The fourth-order valence-electron chi connectivity index (χ4n) is 3.91. The van der Waals surface area contributed by atoms with Crippen LogP contribution in [0.3, 0.4) is 0 Å². The van der Waals surface area contributed by atoms with Crippen LogP contribution in [-0.4, -0.2) is 51.9 Å². The highest BCUT2D eigenvalue weighted by Gasteiger charge is 2.48. The summed E-state index contributed by atoms with van der Waals surface area (Å²) in [6.45, 7) is 2.51. The van der Waals surface area contributed by atoms with E-state index in [9.17, 15) is 18.0 Å². The molecule has 156 valence electrons. The molecule has 2 fully saturated rings. The zero-order valence-corrected chi connectivity index (χ0v) is 16.5.